The number of carbonyl (C=O) groups excluding carboxylic acids is 1. The van der Waals surface area contributed by atoms with Gasteiger partial charge in [0.2, 0.25) is 0 Å². The molecule has 0 fully saturated rings. The Morgan fingerprint density at radius 2 is 1.95 bits per heavy atom. The van der Waals surface area contributed by atoms with Gasteiger partial charge in [-0.2, -0.15) is 0 Å². The van der Waals surface area contributed by atoms with Gasteiger partial charge in [-0.1, -0.05) is 24.3 Å². The summed E-state index contributed by atoms with van der Waals surface area (Å²) in [4.78, 5) is 12.2. The SMILES string of the molecule is COc1cccc([C@@H](C)NC(=O)c2ccc(CN)cc2)c1. The highest BCUT2D eigenvalue weighted by molar-refractivity contribution is 5.94. The number of hydrogen-bond donors (Lipinski definition) is 2. The number of methoxy groups -OCH3 is 1. The summed E-state index contributed by atoms with van der Waals surface area (Å²) in [5.41, 5.74) is 8.18. The topological polar surface area (TPSA) is 64.3 Å². The smallest absolute Gasteiger partial charge is 0.251 e. The molecule has 3 N–H and O–H groups in total. The van der Waals surface area contributed by atoms with Gasteiger partial charge in [-0.05, 0) is 42.3 Å². The Kier molecular flexibility index (Phi) is 4.95. The molecule has 0 bridgehead atoms. The van der Waals surface area contributed by atoms with Crippen LogP contribution in [0.2, 0.25) is 0 Å². The second kappa shape index (κ2) is 6.90. The lowest BCUT2D eigenvalue weighted by atomic mass is 10.1. The van der Waals surface area contributed by atoms with Crippen LogP contribution in [0, 0.1) is 0 Å². The predicted molar refractivity (Wildman–Crippen MR) is 83.2 cm³/mol. The highest BCUT2D eigenvalue weighted by Gasteiger charge is 2.11. The Balaban J connectivity index is 2.06. The van der Waals surface area contributed by atoms with E-state index in [0.29, 0.717) is 12.1 Å². The molecule has 110 valence electrons. The van der Waals surface area contributed by atoms with E-state index in [-0.39, 0.29) is 11.9 Å². The zero-order valence-corrected chi connectivity index (χ0v) is 12.3. The molecule has 0 aliphatic carbocycles. The Bertz CT molecular complexity index is 608. The van der Waals surface area contributed by atoms with Crippen molar-refractivity contribution in [1.29, 1.82) is 0 Å². The molecular weight excluding hydrogens is 264 g/mol. The summed E-state index contributed by atoms with van der Waals surface area (Å²) < 4.78 is 5.20. The lowest BCUT2D eigenvalue weighted by Gasteiger charge is -2.15. The van der Waals surface area contributed by atoms with E-state index in [2.05, 4.69) is 5.32 Å². The van der Waals surface area contributed by atoms with Crippen molar-refractivity contribution in [3.63, 3.8) is 0 Å². The molecule has 4 nitrogen and oxygen atoms in total. The van der Waals surface area contributed by atoms with Crippen LogP contribution in [-0.4, -0.2) is 13.0 Å². The number of benzene rings is 2. The van der Waals surface area contributed by atoms with Gasteiger partial charge in [0.05, 0.1) is 13.2 Å². The van der Waals surface area contributed by atoms with Gasteiger partial charge in [0.15, 0.2) is 0 Å². The monoisotopic (exact) mass is 284 g/mol. The van der Waals surface area contributed by atoms with Crippen molar-refractivity contribution < 1.29 is 9.53 Å². The molecule has 0 aromatic heterocycles. The molecule has 2 aromatic carbocycles. The molecule has 0 heterocycles. The van der Waals surface area contributed by atoms with E-state index in [1.165, 1.54) is 0 Å². The van der Waals surface area contributed by atoms with Gasteiger partial charge in [0.25, 0.3) is 5.91 Å². The summed E-state index contributed by atoms with van der Waals surface area (Å²) in [5.74, 6) is 0.676. The van der Waals surface area contributed by atoms with Gasteiger partial charge >= 0.3 is 0 Å². The van der Waals surface area contributed by atoms with Crippen molar-refractivity contribution >= 4 is 5.91 Å². The summed E-state index contributed by atoms with van der Waals surface area (Å²) in [6, 6.07) is 14.9. The predicted octanol–water partition coefficient (Wildman–Crippen LogP) is 2.64. The highest BCUT2D eigenvalue weighted by Crippen LogP contribution is 2.19. The van der Waals surface area contributed by atoms with Gasteiger partial charge in [-0.3, -0.25) is 4.79 Å². The van der Waals surface area contributed by atoms with Crippen LogP contribution in [0.25, 0.3) is 0 Å². The maximum absolute atomic E-state index is 12.2. The molecule has 0 spiro atoms. The standard InChI is InChI=1S/C17H20N2O2/c1-12(15-4-3-5-16(10-15)21-2)19-17(20)14-8-6-13(11-18)7-9-14/h3-10,12H,11,18H2,1-2H3,(H,19,20)/t12-/m1/s1. The van der Waals surface area contributed by atoms with Crippen LogP contribution in [0.15, 0.2) is 48.5 Å². The third kappa shape index (κ3) is 3.83. The zero-order chi connectivity index (χ0) is 15.2. The molecule has 4 heteroatoms. The van der Waals surface area contributed by atoms with Crippen LogP contribution in [0.5, 0.6) is 5.75 Å². The van der Waals surface area contributed by atoms with Gasteiger partial charge in [0, 0.05) is 12.1 Å². The highest BCUT2D eigenvalue weighted by atomic mass is 16.5. The average Bonchev–Trinajstić information content (AvgIpc) is 2.54. The molecule has 0 radical (unpaired) electrons. The number of rotatable bonds is 5. The first-order valence-electron chi connectivity index (χ1n) is 6.88. The largest absolute Gasteiger partial charge is 0.497 e. The Labute approximate surface area is 124 Å². The zero-order valence-electron chi connectivity index (χ0n) is 12.3. The van der Waals surface area contributed by atoms with Gasteiger partial charge in [-0.25, -0.2) is 0 Å². The number of nitrogens with one attached hydrogen (secondary N) is 1. The fraction of sp³-hybridized carbons (Fsp3) is 0.235. The second-order valence-corrected chi connectivity index (χ2v) is 4.87. The van der Waals surface area contributed by atoms with Gasteiger partial charge < -0.3 is 15.8 Å². The minimum absolute atomic E-state index is 0.0956. The van der Waals surface area contributed by atoms with Crippen molar-refractivity contribution in [3.8, 4) is 5.75 Å². The van der Waals surface area contributed by atoms with Crippen molar-refractivity contribution in [3.05, 3.63) is 65.2 Å². The summed E-state index contributed by atoms with van der Waals surface area (Å²) in [7, 11) is 1.63. The van der Waals surface area contributed by atoms with E-state index in [4.69, 9.17) is 10.5 Å². The van der Waals surface area contributed by atoms with E-state index in [1.54, 1.807) is 19.2 Å². The number of ether oxygens (including phenoxy) is 1. The molecule has 0 aliphatic heterocycles. The normalized spacial score (nSPS) is 11.8. The molecular formula is C17H20N2O2. The van der Waals surface area contributed by atoms with Gasteiger partial charge in [0.1, 0.15) is 5.75 Å². The lowest BCUT2D eigenvalue weighted by Crippen LogP contribution is -2.26. The first-order chi connectivity index (χ1) is 10.1. The molecule has 1 amide bonds. The van der Waals surface area contributed by atoms with Crippen LogP contribution >= 0.6 is 0 Å². The van der Waals surface area contributed by atoms with Crippen LogP contribution in [0.1, 0.15) is 34.5 Å². The number of hydrogen-bond acceptors (Lipinski definition) is 3. The Morgan fingerprint density at radius 3 is 2.57 bits per heavy atom. The minimum atomic E-state index is -0.103. The van der Waals surface area contributed by atoms with Gasteiger partial charge in [-0.15, -0.1) is 0 Å². The second-order valence-electron chi connectivity index (χ2n) is 4.87. The van der Waals surface area contributed by atoms with E-state index < -0.39 is 0 Å². The molecule has 0 saturated carbocycles. The van der Waals surface area contributed by atoms with E-state index in [9.17, 15) is 4.79 Å². The first-order valence-corrected chi connectivity index (χ1v) is 6.88. The van der Waals surface area contributed by atoms with Crippen molar-refractivity contribution in [2.24, 2.45) is 5.73 Å². The summed E-state index contributed by atoms with van der Waals surface area (Å²) in [6.45, 7) is 2.42. The summed E-state index contributed by atoms with van der Waals surface area (Å²) in [5, 5.41) is 2.98. The fourth-order valence-electron chi connectivity index (χ4n) is 2.07. The van der Waals surface area contributed by atoms with Crippen LogP contribution in [0.4, 0.5) is 0 Å². The molecule has 0 aliphatic rings. The Hall–Kier alpha value is -2.33. The number of amides is 1. The van der Waals surface area contributed by atoms with E-state index in [0.717, 1.165) is 16.9 Å². The Morgan fingerprint density at radius 1 is 1.24 bits per heavy atom. The summed E-state index contributed by atoms with van der Waals surface area (Å²) >= 11 is 0. The molecule has 2 rings (SSSR count). The fourth-order valence-corrected chi connectivity index (χ4v) is 2.07. The molecule has 0 saturated heterocycles. The maximum Gasteiger partial charge on any atom is 0.251 e. The number of nitrogens with two attached hydrogens (primary N) is 1. The maximum atomic E-state index is 12.2. The quantitative estimate of drug-likeness (QED) is 0.887. The summed E-state index contributed by atoms with van der Waals surface area (Å²) in [6.07, 6.45) is 0. The molecule has 1 atom stereocenters. The molecule has 21 heavy (non-hydrogen) atoms. The van der Waals surface area contributed by atoms with Crippen LogP contribution in [-0.2, 0) is 6.54 Å². The lowest BCUT2D eigenvalue weighted by molar-refractivity contribution is 0.0940. The van der Waals surface area contributed by atoms with Crippen molar-refractivity contribution in [1.82, 2.24) is 5.32 Å². The minimum Gasteiger partial charge on any atom is -0.497 e. The van der Waals surface area contributed by atoms with Crippen molar-refractivity contribution in [2.75, 3.05) is 7.11 Å². The third-order valence-electron chi connectivity index (χ3n) is 3.39. The first kappa shape index (κ1) is 15.1. The van der Waals surface area contributed by atoms with Crippen LogP contribution in [0.3, 0.4) is 0 Å². The van der Waals surface area contributed by atoms with E-state index in [1.807, 2.05) is 43.3 Å². The third-order valence-corrected chi connectivity index (χ3v) is 3.39. The van der Waals surface area contributed by atoms with E-state index >= 15 is 0 Å². The number of carbonyl (C=O) groups is 1. The van der Waals surface area contributed by atoms with Crippen molar-refractivity contribution in [2.45, 2.75) is 19.5 Å². The molecule has 2 aromatic rings. The average molecular weight is 284 g/mol. The molecule has 0 unspecified atom stereocenters. The van der Waals surface area contributed by atoms with Crippen LogP contribution < -0.4 is 15.8 Å².